The van der Waals surface area contributed by atoms with Crippen molar-refractivity contribution in [1.82, 2.24) is 4.98 Å². The molecule has 0 saturated carbocycles. The molecule has 0 aliphatic heterocycles. The van der Waals surface area contributed by atoms with E-state index in [4.69, 9.17) is 4.74 Å². The van der Waals surface area contributed by atoms with Crippen molar-refractivity contribution in [3.63, 3.8) is 0 Å². The third-order valence-corrected chi connectivity index (χ3v) is 2.21. The highest BCUT2D eigenvalue weighted by atomic mass is 127. The zero-order valence-electron chi connectivity index (χ0n) is 7.14. The van der Waals surface area contributed by atoms with Crippen LogP contribution < -0.4 is 4.74 Å². The molecule has 0 aliphatic rings. The number of aromatic nitrogens is 1. The zero-order valence-corrected chi connectivity index (χ0v) is 9.30. The zero-order chi connectivity index (χ0) is 10.0. The monoisotopic (exact) mass is 299 g/mol. The minimum atomic E-state index is -2.55. The molecule has 0 aromatic carbocycles. The summed E-state index contributed by atoms with van der Waals surface area (Å²) in [5.74, 6) is 0.453. The van der Waals surface area contributed by atoms with Gasteiger partial charge in [-0.2, -0.15) is 0 Å². The maximum atomic E-state index is 12.4. The van der Waals surface area contributed by atoms with Gasteiger partial charge in [-0.05, 0) is 29.5 Å². The van der Waals surface area contributed by atoms with Crippen LogP contribution in [0.3, 0.4) is 0 Å². The van der Waals surface area contributed by atoms with E-state index >= 15 is 0 Å². The maximum Gasteiger partial charge on any atom is 0.280 e. The van der Waals surface area contributed by atoms with E-state index in [9.17, 15) is 8.78 Å². The van der Waals surface area contributed by atoms with E-state index in [1.54, 1.807) is 13.0 Å². The molecule has 13 heavy (non-hydrogen) atoms. The van der Waals surface area contributed by atoms with Crippen LogP contribution in [0, 0.1) is 10.6 Å². The first kappa shape index (κ1) is 10.6. The van der Waals surface area contributed by atoms with Crippen LogP contribution in [0.2, 0.25) is 0 Å². The van der Waals surface area contributed by atoms with Crippen LogP contribution in [0.1, 0.15) is 17.7 Å². The van der Waals surface area contributed by atoms with Gasteiger partial charge in [-0.15, -0.1) is 0 Å². The fraction of sp³-hybridized carbons (Fsp3) is 0.375. The lowest BCUT2D eigenvalue weighted by molar-refractivity contribution is 0.144. The molecule has 0 aliphatic carbocycles. The Hall–Kier alpha value is -0.460. The standard InChI is InChI=1S/C8H8F2INO/c1-4-5(13-2)3-6(11)12-7(4)8(9)10/h3,8H,1-2H3. The fourth-order valence-electron chi connectivity index (χ4n) is 0.998. The van der Waals surface area contributed by atoms with Crippen molar-refractivity contribution >= 4 is 22.6 Å². The second-order valence-corrected chi connectivity index (χ2v) is 3.56. The molecule has 0 bridgehead atoms. The Morgan fingerprint density at radius 2 is 2.15 bits per heavy atom. The van der Waals surface area contributed by atoms with E-state index in [-0.39, 0.29) is 5.69 Å². The third-order valence-electron chi connectivity index (χ3n) is 1.66. The van der Waals surface area contributed by atoms with Crippen molar-refractivity contribution in [2.45, 2.75) is 13.3 Å². The molecular formula is C8H8F2INO. The molecule has 0 spiro atoms. The summed E-state index contributed by atoms with van der Waals surface area (Å²) in [4.78, 5) is 3.74. The number of methoxy groups -OCH3 is 1. The number of pyridine rings is 1. The van der Waals surface area contributed by atoms with E-state index in [1.807, 2.05) is 22.6 Å². The van der Waals surface area contributed by atoms with Crippen molar-refractivity contribution in [1.29, 1.82) is 0 Å². The second-order valence-electron chi connectivity index (χ2n) is 2.46. The molecule has 1 aromatic heterocycles. The third kappa shape index (κ3) is 2.26. The topological polar surface area (TPSA) is 22.1 Å². The van der Waals surface area contributed by atoms with E-state index in [0.717, 1.165) is 0 Å². The Labute approximate surface area is 88.5 Å². The van der Waals surface area contributed by atoms with Crippen molar-refractivity contribution in [3.05, 3.63) is 21.0 Å². The summed E-state index contributed by atoms with van der Waals surface area (Å²) in [7, 11) is 1.45. The Morgan fingerprint density at radius 3 is 2.62 bits per heavy atom. The van der Waals surface area contributed by atoms with Gasteiger partial charge >= 0.3 is 0 Å². The quantitative estimate of drug-likeness (QED) is 0.619. The predicted molar refractivity (Wildman–Crippen MR) is 53.2 cm³/mol. The SMILES string of the molecule is COc1cc(I)nc(C(F)F)c1C. The minimum Gasteiger partial charge on any atom is -0.496 e. The Kier molecular flexibility index (Phi) is 3.40. The largest absolute Gasteiger partial charge is 0.496 e. The van der Waals surface area contributed by atoms with Gasteiger partial charge in [0.25, 0.3) is 6.43 Å². The number of hydrogen-bond acceptors (Lipinski definition) is 2. The Bertz CT molecular complexity index is 317. The molecule has 0 atom stereocenters. The number of hydrogen-bond donors (Lipinski definition) is 0. The molecule has 0 radical (unpaired) electrons. The van der Waals surface area contributed by atoms with Gasteiger partial charge in [0.05, 0.1) is 7.11 Å². The van der Waals surface area contributed by atoms with Gasteiger partial charge in [-0.1, -0.05) is 0 Å². The average Bonchev–Trinajstić information content (AvgIpc) is 2.08. The highest BCUT2D eigenvalue weighted by molar-refractivity contribution is 14.1. The molecule has 0 unspecified atom stereocenters. The molecule has 72 valence electrons. The molecule has 0 amide bonds. The molecule has 0 saturated heterocycles. The highest BCUT2D eigenvalue weighted by Gasteiger charge is 2.16. The van der Waals surface area contributed by atoms with Crippen LogP contribution in [0.15, 0.2) is 6.07 Å². The fourth-order valence-corrected chi connectivity index (χ4v) is 1.54. The molecular weight excluding hydrogens is 291 g/mol. The molecule has 0 N–H and O–H groups in total. The van der Waals surface area contributed by atoms with Gasteiger partial charge in [-0.25, -0.2) is 13.8 Å². The van der Waals surface area contributed by atoms with Crippen LogP contribution in [-0.2, 0) is 0 Å². The Balaban J connectivity index is 3.27. The number of rotatable bonds is 2. The van der Waals surface area contributed by atoms with Gasteiger partial charge in [0, 0.05) is 11.6 Å². The summed E-state index contributed by atoms with van der Waals surface area (Å²) in [5, 5.41) is 0. The summed E-state index contributed by atoms with van der Waals surface area (Å²) in [5.41, 5.74) is 0.196. The molecule has 1 rings (SSSR count). The van der Waals surface area contributed by atoms with Crippen LogP contribution in [0.4, 0.5) is 8.78 Å². The average molecular weight is 299 g/mol. The lowest BCUT2D eigenvalue weighted by Crippen LogP contribution is -1.99. The van der Waals surface area contributed by atoms with Crippen molar-refractivity contribution < 1.29 is 13.5 Å². The first-order valence-corrected chi connectivity index (χ1v) is 4.63. The normalized spacial score (nSPS) is 10.6. The van der Waals surface area contributed by atoms with E-state index in [0.29, 0.717) is 15.0 Å². The molecule has 2 nitrogen and oxygen atoms in total. The summed E-state index contributed by atoms with van der Waals surface area (Å²) in [6, 6.07) is 1.63. The lowest BCUT2D eigenvalue weighted by Gasteiger charge is -2.09. The van der Waals surface area contributed by atoms with E-state index in [1.165, 1.54) is 7.11 Å². The van der Waals surface area contributed by atoms with Crippen LogP contribution in [0.25, 0.3) is 0 Å². The van der Waals surface area contributed by atoms with E-state index < -0.39 is 6.43 Å². The number of halogens is 3. The van der Waals surface area contributed by atoms with Crippen LogP contribution in [-0.4, -0.2) is 12.1 Å². The highest BCUT2D eigenvalue weighted by Crippen LogP contribution is 2.28. The van der Waals surface area contributed by atoms with Crippen LogP contribution >= 0.6 is 22.6 Å². The minimum absolute atomic E-state index is 0.205. The van der Waals surface area contributed by atoms with Gasteiger partial charge < -0.3 is 4.74 Å². The van der Waals surface area contributed by atoms with Gasteiger partial charge in [0.15, 0.2) is 0 Å². The first-order valence-electron chi connectivity index (χ1n) is 3.55. The van der Waals surface area contributed by atoms with Crippen molar-refractivity contribution in [2.75, 3.05) is 7.11 Å². The van der Waals surface area contributed by atoms with Gasteiger partial charge in [0.2, 0.25) is 0 Å². The number of alkyl halides is 2. The molecule has 1 heterocycles. The molecule has 0 fully saturated rings. The summed E-state index contributed by atoms with van der Waals surface area (Å²) in [6.45, 7) is 1.57. The maximum absolute atomic E-state index is 12.4. The molecule has 5 heteroatoms. The predicted octanol–water partition coefficient (Wildman–Crippen LogP) is 2.94. The van der Waals surface area contributed by atoms with E-state index in [2.05, 4.69) is 4.98 Å². The lowest BCUT2D eigenvalue weighted by atomic mass is 10.2. The van der Waals surface area contributed by atoms with Crippen molar-refractivity contribution in [3.8, 4) is 5.75 Å². The summed E-state index contributed by atoms with van der Waals surface area (Å²) < 4.78 is 30.3. The number of nitrogens with zero attached hydrogens (tertiary/aromatic N) is 1. The van der Waals surface area contributed by atoms with Crippen molar-refractivity contribution in [2.24, 2.45) is 0 Å². The van der Waals surface area contributed by atoms with Crippen LogP contribution in [0.5, 0.6) is 5.75 Å². The first-order chi connectivity index (χ1) is 6.06. The molecule has 1 aromatic rings. The summed E-state index contributed by atoms with van der Waals surface area (Å²) >= 11 is 1.88. The number of ether oxygens (including phenoxy) is 1. The van der Waals surface area contributed by atoms with Gasteiger partial charge in [-0.3, -0.25) is 0 Å². The van der Waals surface area contributed by atoms with Gasteiger partial charge in [0.1, 0.15) is 15.1 Å². The second kappa shape index (κ2) is 4.17. The smallest absolute Gasteiger partial charge is 0.280 e. The Morgan fingerprint density at radius 1 is 1.54 bits per heavy atom. The summed E-state index contributed by atoms with van der Waals surface area (Å²) in [6.07, 6.45) is -2.55.